The molecule has 1 saturated heterocycles. The summed E-state index contributed by atoms with van der Waals surface area (Å²) in [6.45, 7) is 2.99. The van der Waals surface area contributed by atoms with Crippen LogP contribution in [-0.2, 0) is 20.7 Å². The van der Waals surface area contributed by atoms with Crippen LogP contribution < -0.4 is 10.6 Å². The maximum absolute atomic E-state index is 11.4. The molecule has 19 heavy (non-hydrogen) atoms. The first-order chi connectivity index (χ1) is 9.22. The van der Waals surface area contributed by atoms with E-state index in [2.05, 4.69) is 14.6 Å². The van der Waals surface area contributed by atoms with Gasteiger partial charge in [0.05, 0.1) is 20.3 Å². The maximum Gasteiger partial charge on any atom is 0.322 e. The molecule has 0 bridgehead atoms. The van der Waals surface area contributed by atoms with E-state index in [9.17, 15) is 4.79 Å². The molecule has 0 amide bonds. The fourth-order valence-electron chi connectivity index (χ4n) is 2.12. The fourth-order valence-corrected chi connectivity index (χ4v) is 2.12. The van der Waals surface area contributed by atoms with Gasteiger partial charge in [-0.25, -0.2) is 4.98 Å². The molecular weight excluding hydrogens is 246 g/mol. The van der Waals surface area contributed by atoms with Gasteiger partial charge in [-0.2, -0.15) is 0 Å². The number of morpholine rings is 1. The average Bonchev–Trinajstić information content (AvgIpc) is 2.47. The van der Waals surface area contributed by atoms with Crippen LogP contribution >= 0.6 is 0 Å². The third-order valence-corrected chi connectivity index (χ3v) is 3.12. The van der Waals surface area contributed by atoms with Crippen molar-refractivity contribution in [3.05, 3.63) is 23.9 Å². The van der Waals surface area contributed by atoms with Crippen LogP contribution in [0.4, 0.5) is 5.82 Å². The molecule has 1 aromatic heterocycles. The Kier molecular flexibility index (Phi) is 4.70. The second kappa shape index (κ2) is 6.49. The number of esters is 1. The minimum absolute atomic E-state index is 0.406. The number of nitrogens with zero attached hydrogens (tertiary/aromatic N) is 2. The number of carbonyl (C=O) groups is 1. The zero-order valence-corrected chi connectivity index (χ0v) is 11.0. The SMILES string of the molecule is COC(=O)C(N)Cc1cccnc1N1CCOCC1. The summed E-state index contributed by atoms with van der Waals surface area (Å²) in [5.41, 5.74) is 6.77. The highest BCUT2D eigenvalue weighted by Crippen LogP contribution is 2.19. The summed E-state index contributed by atoms with van der Waals surface area (Å²) in [7, 11) is 1.34. The first-order valence-electron chi connectivity index (χ1n) is 6.32. The maximum atomic E-state index is 11.4. The lowest BCUT2D eigenvalue weighted by Crippen LogP contribution is -2.38. The molecule has 0 aromatic carbocycles. The number of carbonyl (C=O) groups excluding carboxylic acids is 1. The Hall–Kier alpha value is -1.66. The zero-order valence-electron chi connectivity index (χ0n) is 11.0. The Labute approximate surface area is 112 Å². The van der Waals surface area contributed by atoms with Gasteiger partial charge in [0.25, 0.3) is 0 Å². The summed E-state index contributed by atoms with van der Waals surface area (Å²) in [5, 5.41) is 0. The van der Waals surface area contributed by atoms with Crippen LogP contribution in [0.1, 0.15) is 5.56 Å². The normalized spacial score (nSPS) is 17.1. The number of ether oxygens (including phenoxy) is 2. The van der Waals surface area contributed by atoms with Crippen molar-refractivity contribution >= 4 is 11.8 Å². The molecule has 1 aromatic rings. The molecule has 1 aliphatic heterocycles. The molecule has 1 atom stereocenters. The summed E-state index contributed by atoms with van der Waals surface area (Å²) in [6, 6.07) is 3.14. The predicted octanol–water partition coefficient (Wildman–Crippen LogP) is -0.0390. The van der Waals surface area contributed by atoms with Crippen molar-refractivity contribution in [3.63, 3.8) is 0 Å². The number of anilines is 1. The van der Waals surface area contributed by atoms with Gasteiger partial charge in [0.15, 0.2) is 0 Å². The first kappa shape index (κ1) is 13.8. The molecule has 0 radical (unpaired) electrons. The first-order valence-corrected chi connectivity index (χ1v) is 6.32. The number of nitrogens with two attached hydrogens (primary N) is 1. The highest BCUT2D eigenvalue weighted by atomic mass is 16.5. The number of hydrogen-bond acceptors (Lipinski definition) is 6. The second-order valence-electron chi connectivity index (χ2n) is 4.42. The van der Waals surface area contributed by atoms with Gasteiger partial charge in [-0.05, 0) is 11.6 Å². The van der Waals surface area contributed by atoms with E-state index >= 15 is 0 Å². The molecule has 1 aliphatic rings. The van der Waals surface area contributed by atoms with E-state index in [1.807, 2.05) is 12.1 Å². The Morgan fingerprint density at radius 1 is 1.58 bits per heavy atom. The largest absolute Gasteiger partial charge is 0.468 e. The van der Waals surface area contributed by atoms with Crippen molar-refractivity contribution in [1.29, 1.82) is 0 Å². The van der Waals surface area contributed by atoms with Crippen LogP contribution in [0.25, 0.3) is 0 Å². The van der Waals surface area contributed by atoms with Crippen molar-refractivity contribution in [3.8, 4) is 0 Å². The number of pyridine rings is 1. The summed E-state index contributed by atoms with van der Waals surface area (Å²) in [6.07, 6.45) is 2.17. The third-order valence-electron chi connectivity index (χ3n) is 3.12. The summed E-state index contributed by atoms with van der Waals surface area (Å²) in [4.78, 5) is 18.0. The smallest absolute Gasteiger partial charge is 0.322 e. The summed E-state index contributed by atoms with van der Waals surface area (Å²) in [5.74, 6) is 0.474. The van der Waals surface area contributed by atoms with Crippen LogP contribution in [0.3, 0.4) is 0 Å². The average molecular weight is 265 g/mol. The van der Waals surface area contributed by atoms with E-state index in [0.29, 0.717) is 19.6 Å². The number of methoxy groups -OCH3 is 1. The third kappa shape index (κ3) is 3.42. The van der Waals surface area contributed by atoms with Crippen molar-refractivity contribution in [2.75, 3.05) is 38.3 Å². The lowest BCUT2D eigenvalue weighted by Gasteiger charge is -2.29. The lowest BCUT2D eigenvalue weighted by atomic mass is 10.1. The van der Waals surface area contributed by atoms with Gasteiger partial charge in [0, 0.05) is 25.7 Å². The van der Waals surface area contributed by atoms with Gasteiger partial charge in [-0.3, -0.25) is 4.79 Å². The number of hydrogen-bond donors (Lipinski definition) is 1. The van der Waals surface area contributed by atoms with Gasteiger partial charge in [0.2, 0.25) is 0 Å². The van der Waals surface area contributed by atoms with Crippen molar-refractivity contribution in [2.45, 2.75) is 12.5 Å². The van der Waals surface area contributed by atoms with Crippen LogP contribution in [0.15, 0.2) is 18.3 Å². The molecule has 104 valence electrons. The monoisotopic (exact) mass is 265 g/mol. The highest BCUT2D eigenvalue weighted by molar-refractivity contribution is 5.76. The topological polar surface area (TPSA) is 77.7 Å². The van der Waals surface area contributed by atoms with Gasteiger partial charge in [-0.15, -0.1) is 0 Å². The number of aromatic nitrogens is 1. The molecule has 2 heterocycles. The minimum Gasteiger partial charge on any atom is -0.468 e. The van der Waals surface area contributed by atoms with Gasteiger partial charge in [-0.1, -0.05) is 6.07 Å². The highest BCUT2D eigenvalue weighted by Gasteiger charge is 2.20. The lowest BCUT2D eigenvalue weighted by molar-refractivity contribution is -0.142. The molecular formula is C13H19N3O3. The van der Waals surface area contributed by atoms with Crippen molar-refractivity contribution in [2.24, 2.45) is 5.73 Å². The zero-order chi connectivity index (χ0) is 13.7. The second-order valence-corrected chi connectivity index (χ2v) is 4.42. The molecule has 1 fully saturated rings. The Morgan fingerprint density at radius 2 is 2.32 bits per heavy atom. The summed E-state index contributed by atoms with van der Waals surface area (Å²) < 4.78 is 9.98. The van der Waals surface area contributed by atoms with E-state index in [-0.39, 0.29) is 0 Å². The van der Waals surface area contributed by atoms with Crippen LogP contribution in [0.2, 0.25) is 0 Å². The fraction of sp³-hybridized carbons (Fsp3) is 0.538. The van der Waals surface area contributed by atoms with Crippen molar-refractivity contribution in [1.82, 2.24) is 4.98 Å². The molecule has 2 N–H and O–H groups in total. The van der Waals surface area contributed by atoms with Crippen molar-refractivity contribution < 1.29 is 14.3 Å². The van der Waals surface area contributed by atoms with E-state index in [1.165, 1.54) is 7.11 Å². The van der Waals surface area contributed by atoms with E-state index in [1.54, 1.807) is 6.20 Å². The van der Waals surface area contributed by atoms with Gasteiger partial charge < -0.3 is 20.1 Å². The van der Waals surface area contributed by atoms with Crippen LogP contribution in [0.5, 0.6) is 0 Å². The molecule has 6 heteroatoms. The van der Waals surface area contributed by atoms with E-state index in [0.717, 1.165) is 24.5 Å². The van der Waals surface area contributed by atoms with E-state index in [4.69, 9.17) is 10.5 Å². The molecule has 0 aliphatic carbocycles. The molecule has 1 unspecified atom stereocenters. The summed E-state index contributed by atoms with van der Waals surface area (Å²) >= 11 is 0. The molecule has 0 saturated carbocycles. The molecule has 6 nitrogen and oxygen atoms in total. The van der Waals surface area contributed by atoms with Crippen LogP contribution in [0, 0.1) is 0 Å². The minimum atomic E-state index is -0.658. The van der Waals surface area contributed by atoms with Gasteiger partial charge >= 0.3 is 5.97 Å². The number of rotatable bonds is 4. The Balaban J connectivity index is 2.13. The quantitative estimate of drug-likeness (QED) is 0.770. The Morgan fingerprint density at radius 3 is 3.00 bits per heavy atom. The predicted molar refractivity (Wildman–Crippen MR) is 71.0 cm³/mol. The molecule has 0 spiro atoms. The standard InChI is InChI=1S/C13H19N3O3/c1-18-13(17)11(14)9-10-3-2-4-15-12(10)16-5-7-19-8-6-16/h2-4,11H,5-9,14H2,1H3. The Bertz CT molecular complexity index is 433. The van der Waals surface area contributed by atoms with Crippen LogP contribution in [-0.4, -0.2) is 50.4 Å². The van der Waals surface area contributed by atoms with E-state index < -0.39 is 12.0 Å². The molecule has 2 rings (SSSR count). The van der Waals surface area contributed by atoms with Gasteiger partial charge in [0.1, 0.15) is 11.9 Å².